The van der Waals surface area contributed by atoms with Gasteiger partial charge in [-0.3, -0.25) is 9.59 Å². The summed E-state index contributed by atoms with van der Waals surface area (Å²) in [6, 6.07) is 9.22. The minimum Gasteiger partial charge on any atom is -0.321 e. The van der Waals surface area contributed by atoms with E-state index in [9.17, 15) is 9.59 Å². The van der Waals surface area contributed by atoms with E-state index in [1.54, 1.807) is 0 Å². The Morgan fingerprint density at radius 1 is 0.833 bits per heavy atom. The van der Waals surface area contributed by atoms with E-state index in [-0.39, 0.29) is 41.4 Å². The van der Waals surface area contributed by atoms with Crippen molar-refractivity contribution in [2.45, 2.75) is 60.0 Å². The molecular formula is C20H34N2O2. The zero-order chi connectivity index (χ0) is 18.9. The van der Waals surface area contributed by atoms with Gasteiger partial charge in [0.05, 0.1) is 12.1 Å². The summed E-state index contributed by atoms with van der Waals surface area (Å²) in [6.07, 6.45) is 0.637. The summed E-state index contributed by atoms with van der Waals surface area (Å²) in [5, 5.41) is 0. The second-order valence-corrected chi connectivity index (χ2v) is 7.18. The molecule has 2 unspecified atom stereocenters. The summed E-state index contributed by atoms with van der Waals surface area (Å²) in [5.74, 6) is 0.643. The first kappa shape index (κ1) is 22.5. The summed E-state index contributed by atoms with van der Waals surface area (Å²) in [4.78, 5) is 22.7. The van der Waals surface area contributed by atoms with E-state index in [2.05, 4.69) is 0 Å². The van der Waals surface area contributed by atoms with E-state index >= 15 is 0 Å². The van der Waals surface area contributed by atoms with Crippen LogP contribution in [0.2, 0.25) is 0 Å². The predicted molar refractivity (Wildman–Crippen MR) is 101 cm³/mol. The third-order valence-electron chi connectivity index (χ3n) is 3.85. The van der Waals surface area contributed by atoms with Gasteiger partial charge in [0.2, 0.25) is 0 Å². The molecule has 0 saturated heterocycles. The molecule has 4 N–H and O–H groups in total. The van der Waals surface area contributed by atoms with Crippen LogP contribution in [0.25, 0.3) is 0 Å². The van der Waals surface area contributed by atoms with E-state index in [1.165, 1.54) is 0 Å². The van der Waals surface area contributed by atoms with E-state index < -0.39 is 0 Å². The number of carbonyl (C=O) groups excluding carboxylic acids is 2. The van der Waals surface area contributed by atoms with Gasteiger partial charge in [0.15, 0.2) is 11.6 Å². The fourth-order valence-electron chi connectivity index (χ4n) is 2.11. The van der Waals surface area contributed by atoms with E-state index in [0.717, 1.165) is 5.56 Å². The first-order valence-corrected chi connectivity index (χ1v) is 8.70. The minimum absolute atomic E-state index is 0.0220. The van der Waals surface area contributed by atoms with Crippen LogP contribution in [0, 0.1) is 17.8 Å². The lowest BCUT2D eigenvalue weighted by Gasteiger charge is -2.15. The highest BCUT2D eigenvalue weighted by molar-refractivity contribution is 5.86. The van der Waals surface area contributed by atoms with Gasteiger partial charge < -0.3 is 11.5 Å². The number of benzene rings is 1. The monoisotopic (exact) mass is 334 g/mol. The molecule has 0 saturated carbocycles. The first-order valence-electron chi connectivity index (χ1n) is 8.70. The Morgan fingerprint density at radius 2 is 1.29 bits per heavy atom. The normalized spacial score (nSPS) is 13.5. The van der Waals surface area contributed by atoms with Crippen molar-refractivity contribution < 1.29 is 9.59 Å². The highest BCUT2D eigenvalue weighted by Gasteiger charge is 2.19. The third kappa shape index (κ3) is 8.37. The second kappa shape index (κ2) is 11.1. The van der Waals surface area contributed by atoms with Gasteiger partial charge in [-0.05, 0) is 17.9 Å². The highest BCUT2D eigenvalue weighted by Crippen LogP contribution is 2.06. The Morgan fingerprint density at radius 3 is 1.62 bits per heavy atom. The van der Waals surface area contributed by atoms with Crippen molar-refractivity contribution in [3.8, 4) is 0 Å². The van der Waals surface area contributed by atoms with Crippen molar-refractivity contribution in [2.75, 3.05) is 0 Å². The van der Waals surface area contributed by atoms with Gasteiger partial charge in [0.25, 0.3) is 0 Å². The van der Waals surface area contributed by atoms with Gasteiger partial charge in [0.1, 0.15) is 0 Å². The predicted octanol–water partition coefficient (Wildman–Crippen LogP) is 2.98. The van der Waals surface area contributed by atoms with Crippen molar-refractivity contribution in [2.24, 2.45) is 29.2 Å². The summed E-state index contributed by atoms with van der Waals surface area (Å²) in [7, 11) is 0. The van der Waals surface area contributed by atoms with Crippen LogP contribution in [0.4, 0.5) is 0 Å². The standard InChI is InChI=1S/C12H17NO.C8H17NO/c1-9(2)12(14)11(13)8-10-6-4-3-5-7-10;1-5(2)7(9)8(10)6(3)4/h3-7,9,11H,8,13H2,1-2H3;5-7H,9H2,1-4H3. The van der Waals surface area contributed by atoms with Crippen LogP contribution in [0.15, 0.2) is 30.3 Å². The maximum absolute atomic E-state index is 11.5. The lowest BCUT2D eigenvalue weighted by atomic mass is 9.94. The molecule has 0 spiro atoms. The van der Waals surface area contributed by atoms with Crippen molar-refractivity contribution in [3.63, 3.8) is 0 Å². The van der Waals surface area contributed by atoms with Gasteiger partial charge in [-0.25, -0.2) is 0 Å². The molecule has 24 heavy (non-hydrogen) atoms. The molecule has 4 heteroatoms. The Bertz CT molecular complexity index is 496. The fraction of sp³-hybridized carbons (Fsp3) is 0.600. The molecule has 0 radical (unpaired) electrons. The second-order valence-electron chi connectivity index (χ2n) is 7.18. The largest absolute Gasteiger partial charge is 0.321 e. The van der Waals surface area contributed by atoms with Crippen LogP contribution in [-0.2, 0) is 16.0 Å². The van der Waals surface area contributed by atoms with Crippen LogP contribution in [-0.4, -0.2) is 23.7 Å². The van der Waals surface area contributed by atoms with E-state index in [0.29, 0.717) is 6.42 Å². The van der Waals surface area contributed by atoms with Crippen LogP contribution < -0.4 is 11.5 Å². The maximum Gasteiger partial charge on any atom is 0.152 e. The average Bonchev–Trinajstić information content (AvgIpc) is 2.53. The molecule has 0 heterocycles. The van der Waals surface area contributed by atoms with E-state index in [4.69, 9.17) is 11.5 Å². The third-order valence-corrected chi connectivity index (χ3v) is 3.85. The molecule has 0 aliphatic heterocycles. The first-order chi connectivity index (χ1) is 11.1. The molecule has 0 aliphatic rings. The quantitative estimate of drug-likeness (QED) is 0.802. The summed E-state index contributed by atoms with van der Waals surface area (Å²) >= 11 is 0. The topological polar surface area (TPSA) is 86.2 Å². The van der Waals surface area contributed by atoms with Crippen molar-refractivity contribution >= 4 is 11.6 Å². The molecular weight excluding hydrogens is 300 g/mol. The van der Waals surface area contributed by atoms with Gasteiger partial charge in [-0.2, -0.15) is 0 Å². The Balaban J connectivity index is 0.000000470. The molecule has 0 aliphatic carbocycles. The Labute approximate surface area is 147 Å². The van der Waals surface area contributed by atoms with Crippen LogP contribution in [0.5, 0.6) is 0 Å². The molecule has 0 bridgehead atoms. The van der Waals surface area contributed by atoms with Gasteiger partial charge >= 0.3 is 0 Å². The molecule has 4 nitrogen and oxygen atoms in total. The molecule has 0 aromatic heterocycles. The summed E-state index contributed by atoms with van der Waals surface area (Å²) in [5.41, 5.74) is 12.5. The maximum atomic E-state index is 11.5. The molecule has 1 aromatic rings. The SMILES string of the molecule is CC(C)C(=O)C(N)C(C)C.CC(C)C(=O)C(N)Cc1ccccc1. The number of rotatable bonds is 7. The number of hydrogen-bond acceptors (Lipinski definition) is 4. The van der Waals surface area contributed by atoms with Crippen molar-refractivity contribution in [1.82, 2.24) is 0 Å². The van der Waals surface area contributed by atoms with Crippen LogP contribution >= 0.6 is 0 Å². The molecule has 0 fully saturated rings. The lowest BCUT2D eigenvalue weighted by molar-refractivity contribution is -0.124. The number of hydrogen-bond donors (Lipinski definition) is 2. The molecule has 136 valence electrons. The molecule has 2 atom stereocenters. The number of carbonyl (C=O) groups is 2. The van der Waals surface area contributed by atoms with Crippen LogP contribution in [0.3, 0.4) is 0 Å². The number of ketones is 2. The highest BCUT2D eigenvalue weighted by atomic mass is 16.1. The van der Waals surface area contributed by atoms with Crippen molar-refractivity contribution in [1.29, 1.82) is 0 Å². The summed E-state index contributed by atoms with van der Waals surface area (Å²) in [6.45, 7) is 11.4. The van der Waals surface area contributed by atoms with E-state index in [1.807, 2.05) is 71.9 Å². The molecule has 0 amide bonds. The zero-order valence-corrected chi connectivity index (χ0v) is 16.0. The smallest absolute Gasteiger partial charge is 0.152 e. The zero-order valence-electron chi connectivity index (χ0n) is 16.0. The Kier molecular flexibility index (Phi) is 10.4. The van der Waals surface area contributed by atoms with Gasteiger partial charge in [-0.15, -0.1) is 0 Å². The molecule has 1 rings (SSSR count). The number of nitrogens with two attached hydrogens (primary N) is 2. The van der Waals surface area contributed by atoms with Gasteiger partial charge in [0, 0.05) is 11.8 Å². The molecule has 1 aromatic carbocycles. The summed E-state index contributed by atoms with van der Waals surface area (Å²) < 4.78 is 0. The fourth-order valence-corrected chi connectivity index (χ4v) is 2.11. The number of Topliss-reactive ketones (excluding diaryl/α,β-unsaturated/α-hetero) is 2. The average molecular weight is 335 g/mol. The van der Waals surface area contributed by atoms with Crippen LogP contribution in [0.1, 0.15) is 47.1 Å². The Hall–Kier alpha value is -1.52. The minimum atomic E-state index is -0.364. The van der Waals surface area contributed by atoms with Crippen molar-refractivity contribution in [3.05, 3.63) is 35.9 Å². The van der Waals surface area contributed by atoms with Gasteiger partial charge in [-0.1, -0.05) is 71.9 Å². The lowest BCUT2D eigenvalue weighted by Crippen LogP contribution is -2.38.